The largest absolute Gasteiger partial charge is 0.508 e. The van der Waals surface area contributed by atoms with E-state index < -0.39 is 253 Å². The van der Waals surface area contributed by atoms with Gasteiger partial charge in [-0.1, -0.05) is 116 Å². The maximum Gasteiger partial charge on any atom is 0.323 e. The fourth-order valence-electron chi connectivity index (χ4n) is 17.0. The zero-order valence-electron chi connectivity index (χ0n) is 79.0. The van der Waals surface area contributed by atoms with Gasteiger partial charge < -0.3 is 131 Å². The topological polar surface area (TPSA) is 665 Å². The number of nitrogens with two attached hydrogens (primary N) is 4. The second-order valence-corrected chi connectivity index (χ2v) is 36.8. The zero-order chi connectivity index (χ0) is 101. The van der Waals surface area contributed by atoms with E-state index in [2.05, 4.69) is 63.5 Å². The number of nitrogens with one attached hydrogen (secondary N) is 13. The van der Waals surface area contributed by atoms with Gasteiger partial charge in [0, 0.05) is 113 Å². The van der Waals surface area contributed by atoms with Crippen LogP contribution in [0.5, 0.6) is 5.75 Å². The minimum atomic E-state index is -1.78. The number of hydrogen-bond acceptors (Lipinski definition) is 23. The number of carbonyl (C=O) groups excluding carboxylic acids is 17. The van der Waals surface area contributed by atoms with E-state index in [1.54, 1.807) is 82.4 Å². The normalized spacial score (nSPS) is 24.6. The monoisotopic (exact) mass is 1930 g/mol. The van der Waals surface area contributed by atoms with Gasteiger partial charge in [-0.3, -0.25) is 91.7 Å². The van der Waals surface area contributed by atoms with Crippen LogP contribution < -0.4 is 81.4 Å². The lowest BCUT2D eigenvalue weighted by Gasteiger charge is -2.36. The number of aliphatic hydroxyl groups excluding tert-OH is 1. The van der Waals surface area contributed by atoms with Gasteiger partial charge in [0.2, 0.25) is 100 Å². The number of para-hydroxylation sites is 2. The molecule has 45 heteroatoms. The van der Waals surface area contributed by atoms with Crippen molar-refractivity contribution < 1.29 is 102 Å². The molecule has 0 bridgehead atoms. The number of benzene rings is 3. The van der Waals surface area contributed by atoms with Crippen LogP contribution in [0.1, 0.15) is 149 Å². The molecule has 15 atom stereocenters. The molecule has 3 aromatic carbocycles. The number of carboxylic acid groups (broad SMARTS) is 1. The Morgan fingerprint density at radius 1 is 0.569 bits per heavy atom. The number of nitrogens with zero attached hydrogens (tertiary/aromatic N) is 6. The number of carboxylic acids is 1. The molecule has 24 N–H and O–H groups in total. The highest BCUT2D eigenvalue weighted by Gasteiger charge is 2.47. The molecule has 3 aliphatic heterocycles. The predicted octanol–water partition coefficient (Wildman–Crippen LogP) is -2.71. The summed E-state index contributed by atoms with van der Waals surface area (Å²) in [4.78, 5) is 272. The van der Waals surface area contributed by atoms with Crippen LogP contribution in [-0.2, 0) is 112 Å². The van der Waals surface area contributed by atoms with Crippen LogP contribution in [0.3, 0.4) is 0 Å². The van der Waals surface area contributed by atoms with Crippen LogP contribution in [0.4, 0.5) is 0 Å². The smallest absolute Gasteiger partial charge is 0.323 e. The van der Waals surface area contributed by atoms with E-state index >= 15 is 38.4 Å². The zero-order valence-corrected chi connectivity index (χ0v) is 79.8. The van der Waals surface area contributed by atoms with Gasteiger partial charge in [0.25, 0.3) is 0 Å². The average Bonchev–Trinajstić information content (AvgIpc) is 1.45. The molecule has 0 aliphatic carbocycles. The van der Waals surface area contributed by atoms with Crippen LogP contribution in [0.25, 0.3) is 21.8 Å². The third-order valence-corrected chi connectivity index (χ3v) is 25.5. The van der Waals surface area contributed by atoms with Crippen LogP contribution >= 0.6 is 11.8 Å². The molecule has 17 amide bonds. The SMILES string of the molecule is CCCC[C@H]1C(=O)N(C)[C@@H](CCCC)C(=O)N[C@@H](CCCNC(=N)N)C(=O)N[C@H](C(=O)NCC(N)=O)CSCC(=O)N[C@@H](Cc2ccc(O)cc2)C(=O)N(C)[C@@H](C)C(=O)N[C@H](CC(N)=O)C(=O)N2CCC[C@H]2C(=O)N[C@@H](CN)C(=O)N[C@@H](CC(C)C)C(=O)N2C[C@H](O)C[C@H]2C(=O)N[C@@H](Cc2c[nH]c3ccccc23)C(=O)N[C@@H](C(C)C)C(=O)N[C@@H](Cc2cn(CC(=O)O)c3ccccc23)C(=O)N1C. The molecule has 137 heavy (non-hydrogen) atoms. The molecule has 0 spiro atoms. The Kier molecular flexibility index (Phi) is 40.9. The van der Waals surface area contributed by atoms with Gasteiger partial charge >= 0.3 is 5.97 Å². The molecule has 3 fully saturated rings. The number of guanidine groups is 1. The third kappa shape index (κ3) is 30.5. The van der Waals surface area contributed by atoms with Crippen molar-refractivity contribution in [1.29, 1.82) is 5.41 Å². The lowest BCUT2D eigenvalue weighted by Crippen LogP contribution is -2.62. The first kappa shape index (κ1) is 109. The maximum absolute atomic E-state index is 16.0. The Balaban J connectivity index is 1.22. The Labute approximate surface area is 797 Å². The quantitative estimate of drug-likeness (QED) is 0.0144. The number of unbranched alkanes of at least 4 members (excludes halogenated alkanes) is 2. The van der Waals surface area contributed by atoms with Crippen LogP contribution in [-0.4, -0.2) is 318 Å². The molecule has 8 rings (SSSR count). The van der Waals surface area contributed by atoms with E-state index in [9.17, 15) is 63.3 Å². The maximum atomic E-state index is 16.0. The molecule has 3 saturated heterocycles. The summed E-state index contributed by atoms with van der Waals surface area (Å²) in [6.07, 6.45) is 0.957. The van der Waals surface area contributed by atoms with E-state index in [0.717, 1.165) is 36.3 Å². The number of phenols is 1. The van der Waals surface area contributed by atoms with Crippen molar-refractivity contribution in [2.75, 3.05) is 65.4 Å². The van der Waals surface area contributed by atoms with Crippen LogP contribution in [0, 0.1) is 17.2 Å². The van der Waals surface area contributed by atoms with Gasteiger partial charge in [0.05, 0.1) is 24.8 Å². The number of aromatic hydroxyl groups is 1. The molecule has 5 heterocycles. The van der Waals surface area contributed by atoms with Crippen molar-refractivity contribution in [1.82, 2.24) is 92.5 Å². The van der Waals surface area contributed by atoms with Gasteiger partial charge in [-0.05, 0) is 105 Å². The van der Waals surface area contributed by atoms with E-state index in [4.69, 9.17) is 28.3 Å². The summed E-state index contributed by atoms with van der Waals surface area (Å²) in [5, 5.41) is 70.0. The number of thioether (sulfide) groups is 1. The number of hydrogen-bond donors (Lipinski definition) is 20. The minimum Gasteiger partial charge on any atom is -0.508 e. The summed E-state index contributed by atoms with van der Waals surface area (Å²) in [7, 11) is 3.88. The average molecular weight is 1930 g/mol. The van der Waals surface area contributed by atoms with Crippen LogP contribution in [0.2, 0.25) is 0 Å². The lowest BCUT2D eigenvalue weighted by molar-refractivity contribution is -0.149. The first-order chi connectivity index (χ1) is 64.9. The Morgan fingerprint density at radius 3 is 1.79 bits per heavy atom. The molecule has 2 aromatic heterocycles. The fraction of sp³-hybridized carbons (Fsp3) is 0.554. The highest BCUT2D eigenvalue weighted by atomic mass is 32.2. The molecular formula is C92H133N23O21S. The molecule has 0 saturated carbocycles. The van der Waals surface area contributed by atoms with Crippen molar-refractivity contribution >= 4 is 146 Å². The number of aromatic amines is 1. The number of amides is 17. The molecule has 3 aliphatic rings. The summed E-state index contributed by atoms with van der Waals surface area (Å²) in [6.45, 7) is 9.13. The van der Waals surface area contributed by atoms with E-state index in [0.29, 0.717) is 64.2 Å². The van der Waals surface area contributed by atoms with E-state index in [1.165, 1.54) is 63.1 Å². The number of aromatic nitrogens is 2. The predicted molar refractivity (Wildman–Crippen MR) is 506 cm³/mol. The minimum absolute atomic E-state index is 0.0203. The summed E-state index contributed by atoms with van der Waals surface area (Å²) >= 11 is 0.752. The lowest BCUT2D eigenvalue weighted by atomic mass is 9.98. The van der Waals surface area contributed by atoms with Gasteiger partial charge in [-0.25, -0.2) is 0 Å². The van der Waals surface area contributed by atoms with Gasteiger partial charge in [0.15, 0.2) is 5.96 Å². The van der Waals surface area contributed by atoms with E-state index in [-0.39, 0.29) is 95.4 Å². The van der Waals surface area contributed by atoms with Crippen molar-refractivity contribution in [3.05, 3.63) is 102 Å². The first-order valence-electron chi connectivity index (χ1n) is 46.1. The Morgan fingerprint density at radius 2 is 1.15 bits per heavy atom. The number of aliphatic hydroxyl groups is 1. The van der Waals surface area contributed by atoms with E-state index in [1.807, 2.05) is 13.8 Å². The third-order valence-electron chi connectivity index (χ3n) is 24.5. The number of fused-ring (bicyclic) bond motifs is 4. The summed E-state index contributed by atoms with van der Waals surface area (Å²) in [6, 6.07) is -2.41. The number of rotatable bonds is 27. The number of likely N-dealkylation sites (N-methyl/N-ethyl adjacent to an activating group) is 3. The summed E-state index contributed by atoms with van der Waals surface area (Å²) in [5.41, 5.74) is 25.3. The highest BCUT2D eigenvalue weighted by molar-refractivity contribution is 8.00. The van der Waals surface area contributed by atoms with Crippen molar-refractivity contribution in [2.24, 2.45) is 34.8 Å². The molecule has 748 valence electrons. The highest BCUT2D eigenvalue weighted by Crippen LogP contribution is 2.29. The van der Waals surface area contributed by atoms with Gasteiger partial charge in [-0.15, -0.1) is 11.8 Å². The molecule has 0 radical (unpaired) electrons. The molecular weight excluding hydrogens is 1800 g/mol. The van der Waals surface area contributed by atoms with Crippen LogP contribution in [0.15, 0.2) is 85.2 Å². The molecule has 5 aromatic rings. The van der Waals surface area contributed by atoms with Crippen molar-refractivity contribution in [3.8, 4) is 5.75 Å². The number of aliphatic carboxylic acids is 1. The van der Waals surface area contributed by atoms with Crippen molar-refractivity contribution in [2.45, 2.75) is 248 Å². The summed E-state index contributed by atoms with van der Waals surface area (Å²) in [5.74, 6) is -20.0. The Bertz CT molecular complexity index is 5180. The summed E-state index contributed by atoms with van der Waals surface area (Å²) < 4.78 is 1.44. The second-order valence-electron chi connectivity index (χ2n) is 35.8. The van der Waals surface area contributed by atoms with Gasteiger partial charge in [-0.2, -0.15) is 0 Å². The Hall–Kier alpha value is -13.5. The first-order valence-corrected chi connectivity index (χ1v) is 47.2. The number of phenolic OH excluding ortho intramolecular Hbond substituents is 1. The number of H-pyrrole nitrogens is 1. The number of primary amides is 2. The standard InChI is InChI=1S/C92H133N23O21S/c1-11-13-25-69-83(128)102-60(24-19-33-98-92(96)97)80(125)108-67(79(124)100-43-74(95)119)47-137-48-75(120)101-63(36-52-29-31-55(116)32-30-52)87(132)110(8)51(7)78(123)104-65(40-73(94)118)89(134)114-34-20-28-70(114)84(129)107-66(41-93)82(127)105-62(35-49(3)4)90(135)115-45-56(117)39-72(115)85(130)103-61(37-53-42-99-59-23-17-15-21-57(53)59)81(126)109-77(50(5)6)86(131)106-64(88(133)112(10)71(26-14-12-2)91(136)111(69)9)38-54-44-113(46-76(121)122)68-27-18-16-22-58(54)68/h15-18,21-23,27,29-32,42,44,49-51,56,60-67,69-72,77,99,116-117H,11-14,19-20,24-26,28,33-41,43,45-48,93H2,1-10H3,(H2,94,118)(H2,95,119)(H,100,124)(H,101,120)(H,102,128)(H,103,130)(H,104,123)(H,105,127)(H,106,131)(H,107,129)(H,108,125)(H,109,126)(H,121,122)(H4,96,97,98)/t51-,56+,60-,61-,62-,63-,64-,65+,66-,67-,69-,70-,71-,72-,77-/m0/s1. The van der Waals surface area contributed by atoms with Gasteiger partial charge in [0.1, 0.15) is 96.9 Å². The second kappa shape index (κ2) is 51.5. The fourth-order valence-corrected chi connectivity index (χ4v) is 17.8. The number of carbonyl (C=O) groups is 18. The molecule has 44 nitrogen and oxygen atoms in total. The van der Waals surface area contributed by atoms with Crippen molar-refractivity contribution in [3.63, 3.8) is 0 Å². The molecule has 0 unspecified atom stereocenters.